The van der Waals surface area contributed by atoms with Crippen molar-refractivity contribution >= 4 is 11.6 Å². The zero-order valence-electron chi connectivity index (χ0n) is 11.5. The van der Waals surface area contributed by atoms with E-state index in [1.54, 1.807) is 18.5 Å². The lowest BCUT2D eigenvalue weighted by Crippen LogP contribution is -2.34. The van der Waals surface area contributed by atoms with Crippen molar-refractivity contribution in [1.82, 2.24) is 9.78 Å². The number of carbonyl (C=O) groups excluding carboxylic acids is 1. The van der Waals surface area contributed by atoms with Crippen LogP contribution in [0, 0.1) is 5.82 Å². The van der Waals surface area contributed by atoms with E-state index in [0.29, 0.717) is 6.04 Å². The number of amides is 1. The van der Waals surface area contributed by atoms with Gasteiger partial charge in [0.05, 0.1) is 11.9 Å². The first kappa shape index (κ1) is 13.6. The molecule has 3 N–H and O–H groups in total. The molecule has 0 radical (unpaired) electrons. The zero-order valence-corrected chi connectivity index (χ0v) is 11.5. The van der Waals surface area contributed by atoms with Crippen LogP contribution in [-0.4, -0.2) is 21.7 Å². The van der Waals surface area contributed by atoms with Crippen molar-refractivity contribution in [2.75, 3.05) is 5.32 Å². The molecule has 1 heterocycles. The summed E-state index contributed by atoms with van der Waals surface area (Å²) in [5.41, 5.74) is 6.76. The first-order valence-corrected chi connectivity index (χ1v) is 6.93. The Morgan fingerprint density at radius 2 is 2.19 bits per heavy atom. The summed E-state index contributed by atoms with van der Waals surface area (Å²) >= 11 is 0. The third-order valence-corrected chi connectivity index (χ3v) is 3.80. The van der Waals surface area contributed by atoms with Crippen molar-refractivity contribution in [3.05, 3.63) is 48.0 Å². The number of carbonyl (C=O) groups is 1. The van der Waals surface area contributed by atoms with E-state index in [1.165, 1.54) is 10.7 Å². The van der Waals surface area contributed by atoms with E-state index in [-0.39, 0.29) is 18.3 Å². The molecular formula is C15H17FN4O. The molecule has 2 aromatic rings. The molecule has 110 valence electrons. The third-order valence-electron chi connectivity index (χ3n) is 3.80. The molecule has 1 aromatic carbocycles. The molecule has 0 unspecified atom stereocenters. The van der Waals surface area contributed by atoms with Gasteiger partial charge in [-0.3, -0.25) is 9.48 Å². The summed E-state index contributed by atoms with van der Waals surface area (Å²) in [5.74, 6) is -0.285. The van der Waals surface area contributed by atoms with Crippen LogP contribution in [0.2, 0.25) is 0 Å². The molecule has 0 spiro atoms. The van der Waals surface area contributed by atoms with Gasteiger partial charge in [-0.15, -0.1) is 0 Å². The molecule has 21 heavy (non-hydrogen) atoms. The van der Waals surface area contributed by atoms with Gasteiger partial charge in [-0.05, 0) is 30.4 Å². The Kier molecular flexibility index (Phi) is 3.60. The first-order valence-electron chi connectivity index (χ1n) is 6.93. The van der Waals surface area contributed by atoms with Crippen LogP contribution >= 0.6 is 0 Å². The Morgan fingerprint density at radius 1 is 1.43 bits per heavy atom. The summed E-state index contributed by atoms with van der Waals surface area (Å²) in [7, 11) is 0. The van der Waals surface area contributed by atoms with Crippen LogP contribution in [0.25, 0.3) is 0 Å². The number of primary amides is 1. The number of hydrogen-bond acceptors (Lipinski definition) is 3. The Bertz CT molecular complexity index is 649. The van der Waals surface area contributed by atoms with Gasteiger partial charge in [0.2, 0.25) is 5.91 Å². The van der Waals surface area contributed by atoms with Crippen molar-refractivity contribution in [3.63, 3.8) is 0 Å². The molecule has 0 atom stereocenters. The summed E-state index contributed by atoms with van der Waals surface area (Å²) in [5, 5.41) is 7.39. The number of nitrogens with one attached hydrogen (secondary N) is 1. The van der Waals surface area contributed by atoms with E-state index in [4.69, 9.17) is 5.73 Å². The van der Waals surface area contributed by atoms with Crippen LogP contribution in [0.5, 0.6) is 0 Å². The fourth-order valence-corrected chi connectivity index (χ4v) is 2.72. The molecule has 3 rings (SSSR count). The van der Waals surface area contributed by atoms with Gasteiger partial charge in [0.1, 0.15) is 12.4 Å². The summed E-state index contributed by atoms with van der Waals surface area (Å²) in [6.07, 6.45) is 5.20. The minimum Gasteiger partial charge on any atom is -0.380 e. The van der Waals surface area contributed by atoms with Crippen molar-refractivity contribution in [2.24, 2.45) is 5.73 Å². The van der Waals surface area contributed by atoms with Crippen LogP contribution in [0.1, 0.15) is 24.3 Å². The van der Waals surface area contributed by atoms with E-state index < -0.39 is 5.91 Å². The van der Waals surface area contributed by atoms with Gasteiger partial charge in [0.15, 0.2) is 0 Å². The number of aromatic nitrogens is 2. The maximum Gasteiger partial charge on any atom is 0.239 e. The minimum atomic E-state index is -0.423. The Hall–Kier alpha value is -2.37. The average Bonchev–Trinajstić information content (AvgIpc) is 2.81. The van der Waals surface area contributed by atoms with Crippen molar-refractivity contribution < 1.29 is 9.18 Å². The molecule has 1 aliphatic rings. The van der Waals surface area contributed by atoms with Crippen LogP contribution in [0.3, 0.4) is 0 Å². The number of halogens is 1. The third kappa shape index (κ3) is 3.04. The number of rotatable bonds is 5. The topological polar surface area (TPSA) is 72.9 Å². The molecule has 5 nitrogen and oxygen atoms in total. The second-order valence-electron chi connectivity index (χ2n) is 5.42. The number of hydrogen-bond donors (Lipinski definition) is 2. The maximum atomic E-state index is 13.7. The molecule has 0 bridgehead atoms. The second-order valence-corrected chi connectivity index (χ2v) is 5.42. The van der Waals surface area contributed by atoms with E-state index in [2.05, 4.69) is 10.4 Å². The Morgan fingerprint density at radius 3 is 2.90 bits per heavy atom. The predicted octanol–water partition coefficient (Wildman–Crippen LogP) is 1.87. The lowest BCUT2D eigenvalue weighted by molar-refractivity contribution is -0.118. The minimum absolute atomic E-state index is 0.0736. The smallest absolute Gasteiger partial charge is 0.239 e. The molecule has 6 heteroatoms. The second kappa shape index (κ2) is 5.55. The van der Waals surface area contributed by atoms with Crippen molar-refractivity contribution in [2.45, 2.75) is 31.3 Å². The summed E-state index contributed by atoms with van der Waals surface area (Å²) in [6, 6.07) is 7.24. The Balaban J connectivity index is 1.54. The predicted molar refractivity (Wildman–Crippen MR) is 77.2 cm³/mol. The SMILES string of the molecule is NC(=O)Cn1cc(NC2CC(c3ccccc3F)C2)cn1. The molecule has 1 saturated carbocycles. The van der Waals surface area contributed by atoms with E-state index >= 15 is 0 Å². The lowest BCUT2D eigenvalue weighted by atomic mass is 9.75. The monoisotopic (exact) mass is 288 g/mol. The van der Waals surface area contributed by atoms with Gasteiger partial charge in [0, 0.05) is 12.2 Å². The van der Waals surface area contributed by atoms with Crippen molar-refractivity contribution in [1.29, 1.82) is 0 Å². The van der Waals surface area contributed by atoms with E-state index in [1.807, 2.05) is 12.1 Å². The van der Waals surface area contributed by atoms with E-state index in [0.717, 1.165) is 24.1 Å². The summed E-state index contributed by atoms with van der Waals surface area (Å²) in [4.78, 5) is 10.8. The normalized spacial score (nSPS) is 20.8. The molecule has 1 aromatic heterocycles. The van der Waals surface area contributed by atoms with Crippen molar-refractivity contribution in [3.8, 4) is 0 Å². The lowest BCUT2D eigenvalue weighted by Gasteiger charge is -2.36. The van der Waals surface area contributed by atoms with E-state index in [9.17, 15) is 9.18 Å². The van der Waals surface area contributed by atoms with Gasteiger partial charge in [0.25, 0.3) is 0 Å². The maximum absolute atomic E-state index is 13.7. The molecular weight excluding hydrogens is 271 g/mol. The van der Waals surface area contributed by atoms with Gasteiger partial charge in [-0.1, -0.05) is 18.2 Å². The fourth-order valence-electron chi connectivity index (χ4n) is 2.72. The molecule has 0 aliphatic heterocycles. The van der Waals surface area contributed by atoms with Crippen LogP contribution < -0.4 is 11.1 Å². The number of nitrogens with two attached hydrogens (primary N) is 1. The fraction of sp³-hybridized carbons (Fsp3) is 0.333. The highest BCUT2D eigenvalue weighted by molar-refractivity contribution is 5.73. The number of benzene rings is 1. The highest BCUT2D eigenvalue weighted by Gasteiger charge is 2.31. The molecule has 1 amide bonds. The van der Waals surface area contributed by atoms with Crippen LogP contribution in [-0.2, 0) is 11.3 Å². The first-order chi connectivity index (χ1) is 10.1. The standard InChI is InChI=1S/C15H17FN4O/c16-14-4-2-1-3-13(14)10-5-11(6-10)19-12-7-18-20(8-12)9-15(17)21/h1-4,7-8,10-11,19H,5-6,9H2,(H2,17,21). The Labute approximate surface area is 121 Å². The van der Waals surface area contributed by atoms with Crippen LogP contribution in [0.4, 0.5) is 10.1 Å². The number of anilines is 1. The quantitative estimate of drug-likeness (QED) is 0.882. The highest BCUT2D eigenvalue weighted by Crippen LogP contribution is 2.39. The zero-order chi connectivity index (χ0) is 14.8. The summed E-state index contributed by atoms with van der Waals surface area (Å²) < 4.78 is 15.2. The van der Waals surface area contributed by atoms with Gasteiger partial charge >= 0.3 is 0 Å². The largest absolute Gasteiger partial charge is 0.380 e. The molecule has 1 aliphatic carbocycles. The summed E-state index contributed by atoms with van der Waals surface area (Å²) in [6.45, 7) is 0.0736. The van der Waals surface area contributed by atoms with Gasteiger partial charge in [-0.2, -0.15) is 5.10 Å². The molecule has 1 fully saturated rings. The van der Waals surface area contributed by atoms with Crippen LogP contribution in [0.15, 0.2) is 36.7 Å². The number of nitrogens with zero attached hydrogens (tertiary/aromatic N) is 2. The molecule has 0 saturated heterocycles. The highest BCUT2D eigenvalue weighted by atomic mass is 19.1. The van der Waals surface area contributed by atoms with Gasteiger partial charge in [-0.25, -0.2) is 4.39 Å². The van der Waals surface area contributed by atoms with Gasteiger partial charge < -0.3 is 11.1 Å². The average molecular weight is 288 g/mol.